The van der Waals surface area contributed by atoms with Gasteiger partial charge in [-0.2, -0.15) is 0 Å². The zero-order valence-corrected chi connectivity index (χ0v) is 11.8. The predicted molar refractivity (Wildman–Crippen MR) is 82.0 cm³/mol. The van der Waals surface area contributed by atoms with E-state index in [1.165, 1.54) is 0 Å². The summed E-state index contributed by atoms with van der Waals surface area (Å²) in [6, 6.07) is 15.8. The molecule has 0 atom stereocenters. The van der Waals surface area contributed by atoms with Crippen molar-refractivity contribution in [1.82, 2.24) is 0 Å². The first kappa shape index (κ1) is 15.5. The SMILES string of the molecule is NCC(=O)N(CC(=O)O)c1ccccc1Oc1ccccc1. The van der Waals surface area contributed by atoms with Crippen LogP contribution in [0.1, 0.15) is 0 Å². The topological polar surface area (TPSA) is 92.9 Å². The third kappa shape index (κ3) is 3.83. The monoisotopic (exact) mass is 300 g/mol. The summed E-state index contributed by atoms with van der Waals surface area (Å²) in [6.07, 6.45) is 0. The summed E-state index contributed by atoms with van der Waals surface area (Å²) in [5.74, 6) is -0.648. The third-order valence-corrected chi connectivity index (χ3v) is 2.90. The van der Waals surface area contributed by atoms with Crippen LogP contribution in [0.15, 0.2) is 54.6 Å². The molecule has 0 bridgehead atoms. The average molecular weight is 300 g/mol. The van der Waals surface area contributed by atoms with Crippen molar-refractivity contribution in [3.8, 4) is 11.5 Å². The van der Waals surface area contributed by atoms with Gasteiger partial charge in [-0.15, -0.1) is 0 Å². The predicted octanol–water partition coefficient (Wildman–Crippen LogP) is 1.86. The van der Waals surface area contributed by atoms with E-state index in [1.54, 1.807) is 36.4 Å². The van der Waals surface area contributed by atoms with Gasteiger partial charge in [-0.25, -0.2) is 0 Å². The van der Waals surface area contributed by atoms with Crippen LogP contribution in [0.25, 0.3) is 0 Å². The molecule has 0 radical (unpaired) electrons. The fourth-order valence-electron chi connectivity index (χ4n) is 1.94. The Morgan fingerprint density at radius 2 is 1.68 bits per heavy atom. The van der Waals surface area contributed by atoms with Crippen molar-refractivity contribution in [3.63, 3.8) is 0 Å². The Morgan fingerprint density at radius 1 is 1.05 bits per heavy atom. The molecule has 0 unspecified atom stereocenters. The van der Waals surface area contributed by atoms with E-state index in [2.05, 4.69) is 0 Å². The van der Waals surface area contributed by atoms with Gasteiger partial charge >= 0.3 is 5.97 Å². The van der Waals surface area contributed by atoms with E-state index in [-0.39, 0.29) is 6.54 Å². The van der Waals surface area contributed by atoms with E-state index in [4.69, 9.17) is 15.6 Å². The number of aliphatic carboxylic acids is 1. The van der Waals surface area contributed by atoms with Crippen molar-refractivity contribution >= 4 is 17.6 Å². The van der Waals surface area contributed by atoms with Gasteiger partial charge in [-0.3, -0.25) is 14.5 Å². The minimum atomic E-state index is -1.13. The molecule has 0 aromatic heterocycles. The van der Waals surface area contributed by atoms with Crippen molar-refractivity contribution in [1.29, 1.82) is 0 Å². The van der Waals surface area contributed by atoms with E-state index in [0.717, 1.165) is 4.90 Å². The minimum Gasteiger partial charge on any atom is -0.480 e. The number of hydrogen-bond acceptors (Lipinski definition) is 4. The van der Waals surface area contributed by atoms with Crippen molar-refractivity contribution in [2.75, 3.05) is 18.0 Å². The van der Waals surface area contributed by atoms with Crippen LogP contribution < -0.4 is 15.4 Å². The molecule has 2 rings (SSSR count). The molecule has 2 aromatic carbocycles. The lowest BCUT2D eigenvalue weighted by atomic mass is 10.2. The first-order valence-corrected chi connectivity index (χ1v) is 6.66. The smallest absolute Gasteiger partial charge is 0.323 e. The van der Waals surface area contributed by atoms with Gasteiger partial charge in [0.1, 0.15) is 12.3 Å². The lowest BCUT2D eigenvalue weighted by molar-refractivity contribution is -0.136. The summed E-state index contributed by atoms with van der Waals surface area (Å²) in [4.78, 5) is 24.0. The fourth-order valence-corrected chi connectivity index (χ4v) is 1.94. The van der Waals surface area contributed by atoms with E-state index < -0.39 is 18.4 Å². The highest BCUT2D eigenvalue weighted by molar-refractivity contribution is 5.99. The number of para-hydroxylation sites is 3. The second-order valence-corrected chi connectivity index (χ2v) is 4.46. The molecule has 3 N–H and O–H groups in total. The summed E-state index contributed by atoms with van der Waals surface area (Å²) in [5.41, 5.74) is 5.73. The van der Waals surface area contributed by atoms with Crippen LogP contribution >= 0.6 is 0 Å². The van der Waals surface area contributed by atoms with Crippen LogP contribution in [0.2, 0.25) is 0 Å². The zero-order chi connectivity index (χ0) is 15.9. The Morgan fingerprint density at radius 3 is 2.32 bits per heavy atom. The van der Waals surface area contributed by atoms with Crippen molar-refractivity contribution < 1.29 is 19.4 Å². The standard InChI is InChI=1S/C16H16N2O4/c17-10-15(19)18(11-16(20)21)13-8-4-5-9-14(13)22-12-6-2-1-3-7-12/h1-9H,10-11,17H2,(H,20,21). The van der Waals surface area contributed by atoms with Crippen LogP contribution in [0.5, 0.6) is 11.5 Å². The number of nitrogens with two attached hydrogens (primary N) is 1. The largest absolute Gasteiger partial charge is 0.480 e. The molecule has 0 heterocycles. The molecular formula is C16H16N2O4. The van der Waals surface area contributed by atoms with Gasteiger partial charge in [0.25, 0.3) is 0 Å². The van der Waals surface area contributed by atoms with Crippen LogP contribution in [0, 0.1) is 0 Å². The Labute approximate surface area is 127 Å². The molecule has 0 saturated carbocycles. The number of carbonyl (C=O) groups excluding carboxylic acids is 1. The van der Waals surface area contributed by atoms with E-state index in [0.29, 0.717) is 17.2 Å². The van der Waals surface area contributed by atoms with Crippen LogP contribution in [-0.2, 0) is 9.59 Å². The number of carboxylic acids is 1. The van der Waals surface area contributed by atoms with Crippen LogP contribution in [0.4, 0.5) is 5.69 Å². The van der Waals surface area contributed by atoms with Crippen LogP contribution in [-0.4, -0.2) is 30.1 Å². The molecule has 0 spiro atoms. The number of ether oxygens (including phenoxy) is 1. The van der Waals surface area contributed by atoms with Gasteiger partial charge in [0, 0.05) is 0 Å². The van der Waals surface area contributed by atoms with Gasteiger partial charge in [0.05, 0.1) is 12.2 Å². The summed E-state index contributed by atoms with van der Waals surface area (Å²) in [7, 11) is 0. The third-order valence-electron chi connectivity index (χ3n) is 2.90. The summed E-state index contributed by atoms with van der Waals surface area (Å²) >= 11 is 0. The summed E-state index contributed by atoms with van der Waals surface area (Å²) in [6.45, 7) is -0.766. The van der Waals surface area contributed by atoms with E-state index in [1.807, 2.05) is 18.2 Å². The highest BCUT2D eigenvalue weighted by atomic mass is 16.5. The molecule has 1 amide bonds. The Balaban J connectivity index is 2.36. The molecule has 2 aromatic rings. The summed E-state index contributed by atoms with van der Waals surface area (Å²) in [5, 5.41) is 8.99. The number of rotatable bonds is 6. The Kier molecular flexibility index (Phi) is 5.11. The molecule has 0 fully saturated rings. The van der Waals surface area contributed by atoms with Gasteiger partial charge in [-0.1, -0.05) is 30.3 Å². The molecule has 114 valence electrons. The van der Waals surface area contributed by atoms with E-state index >= 15 is 0 Å². The van der Waals surface area contributed by atoms with Crippen molar-refractivity contribution in [3.05, 3.63) is 54.6 Å². The number of amides is 1. The first-order chi connectivity index (χ1) is 10.6. The number of carbonyl (C=O) groups is 2. The zero-order valence-electron chi connectivity index (χ0n) is 11.8. The number of anilines is 1. The molecule has 0 saturated heterocycles. The second kappa shape index (κ2) is 7.24. The fraction of sp³-hybridized carbons (Fsp3) is 0.125. The Hall–Kier alpha value is -2.86. The number of nitrogens with zero attached hydrogens (tertiary/aromatic N) is 1. The van der Waals surface area contributed by atoms with Gasteiger partial charge in [0.2, 0.25) is 5.91 Å². The highest BCUT2D eigenvalue weighted by Gasteiger charge is 2.21. The molecule has 0 aliphatic heterocycles. The highest BCUT2D eigenvalue weighted by Crippen LogP contribution is 2.32. The number of carboxylic acid groups (broad SMARTS) is 1. The van der Waals surface area contributed by atoms with E-state index in [9.17, 15) is 9.59 Å². The maximum atomic E-state index is 11.9. The van der Waals surface area contributed by atoms with Gasteiger partial charge in [-0.05, 0) is 24.3 Å². The summed E-state index contributed by atoms with van der Waals surface area (Å²) < 4.78 is 5.74. The Bertz CT molecular complexity index is 658. The maximum Gasteiger partial charge on any atom is 0.323 e. The normalized spacial score (nSPS) is 10.0. The van der Waals surface area contributed by atoms with Crippen LogP contribution in [0.3, 0.4) is 0 Å². The first-order valence-electron chi connectivity index (χ1n) is 6.66. The molecule has 22 heavy (non-hydrogen) atoms. The second-order valence-electron chi connectivity index (χ2n) is 4.46. The lowest BCUT2D eigenvalue weighted by Gasteiger charge is -2.22. The quantitative estimate of drug-likeness (QED) is 0.849. The molecule has 6 heteroatoms. The molecule has 0 aliphatic rings. The molecule has 6 nitrogen and oxygen atoms in total. The van der Waals surface area contributed by atoms with Crippen molar-refractivity contribution in [2.45, 2.75) is 0 Å². The number of hydrogen-bond donors (Lipinski definition) is 2. The molecular weight excluding hydrogens is 284 g/mol. The van der Waals surface area contributed by atoms with Crippen molar-refractivity contribution in [2.24, 2.45) is 5.73 Å². The minimum absolute atomic E-state index is 0.285. The van der Waals surface area contributed by atoms with Gasteiger partial charge in [0.15, 0.2) is 5.75 Å². The molecule has 0 aliphatic carbocycles. The lowest BCUT2D eigenvalue weighted by Crippen LogP contribution is -2.39. The number of benzene rings is 2. The average Bonchev–Trinajstić information content (AvgIpc) is 2.53. The van der Waals surface area contributed by atoms with Gasteiger partial charge < -0.3 is 15.6 Å². The maximum absolute atomic E-state index is 11.9.